The largest absolute Gasteiger partial charge is 0.396 e. The van der Waals surface area contributed by atoms with Gasteiger partial charge in [-0.1, -0.05) is 12.1 Å². The summed E-state index contributed by atoms with van der Waals surface area (Å²) >= 11 is 0. The molecule has 1 aliphatic heterocycles. The molecule has 1 fully saturated rings. The van der Waals surface area contributed by atoms with E-state index in [1.54, 1.807) is 4.90 Å². The van der Waals surface area contributed by atoms with Crippen molar-refractivity contribution in [3.8, 4) is 0 Å². The lowest BCUT2D eigenvalue weighted by molar-refractivity contribution is 0.136. The molecule has 2 amide bonds. The Morgan fingerprint density at radius 1 is 1.53 bits per heavy atom. The van der Waals surface area contributed by atoms with Crippen molar-refractivity contribution in [3.05, 3.63) is 29.8 Å². The minimum absolute atomic E-state index is 0.104. The van der Waals surface area contributed by atoms with Crippen LogP contribution in [0.25, 0.3) is 0 Å². The average molecular weight is 263 g/mol. The number of nitrogens with two attached hydrogens (primary N) is 1. The lowest BCUT2D eigenvalue weighted by atomic mass is 9.99. The number of hydrogen-bond acceptors (Lipinski definition) is 3. The summed E-state index contributed by atoms with van der Waals surface area (Å²) in [6, 6.07) is 7.44. The number of anilines is 1. The minimum atomic E-state index is -0.104. The lowest BCUT2D eigenvalue weighted by Gasteiger charge is -2.31. The molecule has 0 aliphatic carbocycles. The van der Waals surface area contributed by atoms with Crippen LogP contribution in [0.15, 0.2) is 24.3 Å². The Labute approximate surface area is 113 Å². The highest BCUT2D eigenvalue weighted by atomic mass is 16.3. The number of carbonyl (C=O) groups is 1. The maximum absolute atomic E-state index is 12.1. The molecule has 1 unspecified atom stereocenters. The van der Waals surface area contributed by atoms with Gasteiger partial charge >= 0.3 is 6.03 Å². The molecule has 0 bridgehead atoms. The van der Waals surface area contributed by atoms with Gasteiger partial charge < -0.3 is 21.1 Å². The zero-order chi connectivity index (χ0) is 13.7. The normalized spacial score (nSPS) is 19.3. The van der Waals surface area contributed by atoms with E-state index in [9.17, 15) is 9.90 Å². The van der Waals surface area contributed by atoms with Gasteiger partial charge in [0.05, 0.1) is 0 Å². The molecule has 0 radical (unpaired) electrons. The summed E-state index contributed by atoms with van der Waals surface area (Å²) in [6.07, 6.45) is 1.93. The van der Waals surface area contributed by atoms with E-state index in [-0.39, 0.29) is 18.6 Å². The zero-order valence-electron chi connectivity index (χ0n) is 11.0. The average Bonchev–Trinajstić information content (AvgIpc) is 2.47. The van der Waals surface area contributed by atoms with Gasteiger partial charge in [0.2, 0.25) is 0 Å². The third kappa shape index (κ3) is 3.68. The fourth-order valence-corrected chi connectivity index (χ4v) is 2.38. The molecule has 0 spiro atoms. The Bertz CT molecular complexity index is 436. The third-order valence-electron chi connectivity index (χ3n) is 3.48. The predicted molar refractivity (Wildman–Crippen MR) is 74.7 cm³/mol. The van der Waals surface area contributed by atoms with Gasteiger partial charge in [-0.2, -0.15) is 0 Å². The van der Waals surface area contributed by atoms with Crippen molar-refractivity contribution in [3.63, 3.8) is 0 Å². The van der Waals surface area contributed by atoms with E-state index in [0.717, 1.165) is 30.6 Å². The summed E-state index contributed by atoms with van der Waals surface area (Å²) < 4.78 is 0. The molecule has 19 heavy (non-hydrogen) atoms. The Kier molecular flexibility index (Phi) is 4.76. The Morgan fingerprint density at radius 2 is 2.37 bits per heavy atom. The van der Waals surface area contributed by atoms with Crippen LogP contribution in [0.2, 0.25) is 0 Å². The summed E-state index contributed by atoms with van der Waals surface area (Å²) in [5.74, 6) is 0.204. The molecule has 1 atom stereocenters. The number of nitrogens with one attached hydrogen (secondary N) is 1. The molecule has 0 aromatic heterocycles. The monoisotopic (exact) mass is 263 g/mol. The van der Waals surface area contributed by atoms with E-state index >= 15 is 0 Å². The van der Waals surface area contributed by atoms with Gasteiger partial charge in [-0.05, 0) is 36.5 Å². The number of piperidine rings is 1. The first-order valence-corrected chi connectivity index (χ1v) is 6.68. The summed E-state index contributed by atoms with van der Waals surface area (Å²) in [6.45, 7) is 1.98. The van der Waals surface area contributed by atoms with E-state index in [1.807, 2.05) is 24.3 Å². The van der Waals surface area contributed by atoms with E-state index in [4.69, 9.17) is 5.73 Å². The van der Waals surface area contributed by atoms with Crippen molar-refractivity contribution < 1.29 is 9.90 Å². The number of aliphatic hydroxyl groups is 1. The number of aliphatic hydroxyl groups excluding tert-OH is 1. The second-order valence-electron chi connectivity index (χ2n) is 4.97. The number of nitrogens with zero attached hydrogens (tertiary/aromatic N) is 1. The van der Waals surface area contributed by atoms with Crippen LogP contribution >= 0.6 is 0 Å². The number of urea groups is 1. The molecule has 5 nitrogen and oxygen atoms in total. The van der Waals surface area contributed by atoms with Gasteiger partial charge in [-0.15, -0.1) is 0 Å². The highest BCUT2D eigenvalue weighted by Crippen LogP contribution is 2.17. The van der Waals surface area contributed by atoms with Crippen LogP contribution in [0.5, 0.6) is 0 Å². The zero-order valence-corrected chi connectivity index (χ0v) is 11.0. The van der Waals surface area contributed by atoms with Crippen molar-refractivity contribution in [2.75, 3.05) is 25.0 Å². The van der Waals surface area contributed by atoms with Crippen LogP contribution in [0, 0.1) is 5.92 Å². The summed E-state index contributed by atoms with van der Waals surface area (Å²) in [4.78, 5) is 13.9. The molecule has 1 aromatic rings. The van der Waals surface area contributed by atoms with Gasteiger partial charge in [0.15, 0.2) is 0 Å². The molecular weight excluding hydrogens is 242 g/mol. The molecule has 1 aliphatic rings. The second kappa shape index (κ2) is 6.54. The van der Waals surface area contributed by atoms with E-state index in [1.165, 1.54) is 0 Å². The van der Waals surface area contributed by atoms with Crippen molar-refractivity contribution in [2.45, 2.75) is 19.4 Å². The number of likely N-dealkylation sites (tertiary alicyclic amines) is 1. The van der Waals surface area contributed by atoms with Crippen molar-refractivity contribution in [2.24, 2.45) is 11.7 Å². The fourth-order valence-electron chi connectivity index (χ4n) is 2.38. The fraction of sp³-hybridized carbons (Fsp3) is 0.500. The predicted octanol–water partition coefficient (Wildman–Crippen LogP) is 1.38. The quantitative estimate of drug-likeness (QED) is 0.771. The molecule has 2 rings (SSSR count). The van der Waals surface area contributed by atoms with Crippen LogP contribution < -0.4 is 11.1 Å². The van der Waals surface area contributed by atoms with Gasteiger partial charge in [-0.25, -0.2) is 4.79 Å². The van der Waals surface area contributed by atoms with Gasteiger partial charge in [0.25, 0.3) is 0 Å². The maximum Gasteiger partial charge on any atom is 0.321 e. The van der Waals surface area contributed by atoms with Crippen LogP contribution in [-0.4, -0.2) is 35.7 Å². The first-order chi connectivity index (χ1) is 9.22. The Hall–Kier alpha value is -1.59. The van der Waals surface area contributed by atoms with Gasteiger partial charge in [-0.3, -0.25) is 0 Å². The van der Waals surface area contributed by atoms with Crippen LogP contribution in [-0.2, 0) is 6.54 Å². The Morgan fingerprint density at radius 3 is 3.11 bits per heavy atom. The van der Waals surface area contributed by atoms with E-state index in [0.29, 0.717) is 13.1 Å². The first kappa shape index (κ1) is 13.8. The van der Waals surface area contributed by atoms with Crippen molar-refractivity contribution in [1.82, 2.24) is 4.90 Å². The second-order valence-corrected chi connectivity index (χ2v) is 4.97. The molecule has 1 aromatic carbocycles. The Balaban J connectivity index is 1.96. The van der Waals surface area contributed by atoms with Crippen molar-refractivity contribution >= 4 is 11.7 Å². The van der Waals surface area contributed by atoms with E-state index in [2.05, 4.69) is 5.32 Å². The van der Waals surface area contributed by atoms with Crippen LogP contribution in [0.3, 0.4) is 0 Å². The SMILES string of the molecule is NCc1cccc(NC(=O)N2CCCC(CO)C2)c1. The summed E-state index contributed by atoms with van der Waals surface area (Å²) in [5, 5.41) is 12.1. The molecule has 1 saturated heterocycles. The standard InChI is InChI=1S/C14H21N3O2/c15-8-11-3-1-5-13(7-11)16-14(19)17-6-2-4-12(9-17)10-18/h1,3,5,7,12,18H,2,4,6,8-10,15H2,(H,16,19). The van der Waals surface area contributed by atoms with Gasteiger partial charge in [0.1, 0.15) is 0 Å². The number of hydrogen-bond donors (Lipinski definition) is 3. The highest BCUT2D eigenvalue weighted by Gasteiger charge is 2.23. The number of rotatable bonds is 3. The molecule has 1 heterocycles. The molecule has 0 saturated carbocycles. The minimum Gasteiger partial charge on any atom is -0.396 e. The topological polar surface area (TPSA) is 78.6 Å². The highest BCUT2D eigenvalue weighted by molar-refractivity contribution is 5.89. The summed E-state index contributed by atoms with van der Waals surface area (Å²) in [7, 11) is 0. The smallest absolute Gasteiger partial charge is 0.321 e. The summed E-state index contributed by atoms with van der Waals surface area (Å²) in [5.41, 5.74) is 7.33. The molecule has 5 heteroatoms. The molecular formula is C14H21N3O2. The first-order valence-electron chi connectivity index (χ1n) is 6.68. The van der Waals surface area contributed by atoms with Crippen LogP contribution in [0.1, 0.15) is 18.4 Å². The van der Waals surface area contributed by atoms with Gasteiger partial charge in [0, 0.05) is 31.9 Å². The third-order valence-corrected chi connectivity index (χ3v) is 3.48. The maximum atomic E-state index is 12.1. The number of carbonyl (C=O) groups excluding carboxylic acids is 1. The molecule has 104 valence electrons. The van der Waals surface area contributed by atoms with E-state index < -0.39 is 0 Å². The van der Waals surface area contributed by atoms with Crippen molar-refractivity contribution in [1.29, 1.82) is 0 Å². The molecule has 4 N–H and O–H groups in total. The number of amides is 2. The van der Waals surface area contributed by atoms with Crippen LogP contribution in [0.4, 0.5) is 10.5 Å². The lowest BCUT2D eigenvalue weighted by Crippen LogP contribution is -2.43. The number of benzene rings is 1.